The predicted molar refractivity (Wildman–Crippen MR) is 47.6 cm³/mol. The maximum absolute atomic E-state index is 4.20. The van der Waals surface area contributed by atoms with E-state index in [0.717, 1.165) is 12.1 Å². The minimum atomic E-state index is 1.01. The first-order valence-electron chi connectivity index (χ1n) is 3.75. The number of nitrogens with zero attached hydrogens (tertiary/aromatic N) is 1. The van der Waals surface area contributed by atoms with Gasteiger partial charge in [0.2, 0.25) is 0 Å². The third kappa shape index (κ3) is 1.22. The van der Waals surface area contributed by atoms with Crippen molar-refractivity contribution in [2.24, 2.45) is 4.99 Å². The van der Waals surface area contributed by atoms with Crippen LogP contribution >= 0.6 is 0 Å². The second kappa shape index (κ2) is 2.70. The standard InChI is InChI=1S/C10H9N/c1-2-4-6-10-9(5-3-1)7-8-11-10/h2-8H,1H2/b4-2-,5-3-,10-6+. The van der Waals surface area contributed by atoms with Gasteiger partial charge in [-0.3, -0.25) is 4.99 Å². The fourth-order valence-corrected chi connectivity index (χ4v) is 1.15. The molecule has 0 saturated heterocycles. The molecular formula is C10H9N. The number of hydrogen-bond donors (Lipinski definition) is 0. The van der Waals surface area contributed by atoms with E-state index in [0.29, 0.717) is 0 Å². The molecule has 1 aliphatic heterocycles. The zero-order valence-electron chi connectivity index (χ0n) is 6.20. The maximum atomic E-state index is 4.20. The van der Waals surface area contributed by atoms with Crippen molar-refractivity contribution in [2.45, 2.75) is 6.42 Å². The van der Waals surface area contributed by atoms with E-state index in [1.54, 1.807) is 0 Å². The third-order valence-electron chi connectivity index (χ3n) is 1.72. The summed E-state index contributed by atoms with van der Waals surface area (Å²) in [6.07, 6.45) is 15.3. The Labute approximate surface area is 66.1 Å². The summed E-state index contributed by atoms with van der Waals surface area (Å²) in [4.78, 5) is 4.20. The Bertz CT molecular complexity index is 301. The summed E-state index contributed by atoms with van der Waals surface area (Å²) < 4.78 is 0. The highest BCUT2D eigenvalue weighted by atomic mass is 14.7. The van der Waals surface area contributed by atoms with Crippen molar-refractivity contribution in [3.8, 4) is 0 Å². The van der Waals surface area contributed by atoms with E-state index in [-0.39, 0.29) is 0 Å². The van der Waals surface area contributed by atoms with Crippen LogP contribution in [0.2, 0.25) is 0 Å². The van der Waals surface area contributed by atoms with Crippen molar-refractivity contribution >= 4 is 6.21 Å². The lowest BCUT2D eigenvalue weighted by molar-refractivity contribution is 1.32. The Morgan fingerprint density at radius 3 is 3.18 bits per heavy atom. The summed E-state index contributed by atoms with van der Waals surface area (Å²) in [6.45, 7) is 0. The molecule has 11 heavy (non-hydrogen) atoms. The Balaban J connectivity index is 2.41. The second-order valence-electron chi connectivity index (χ2n) is 2.52. The molecule has 0 aromatic heterocycles. The predicted octanol–water partition coefficient (Wildman–Crippen LogP) is 2.40. The smallest absolute Gasteiger partial charge is 0.0702 e. The van der Waals surface area contributed by atoms with Gasteiger partial charge in [-0.2, -0.15) is 0 Å². The number of allylic oxidation sites excluding steroid dienone is 6. The average molecular weight is 143 g/mol. The molecule has 2 rings (SSSR count). The molecule has 0 amide bonds. The molecule has 0 fully saturated rings. The van der Waals surface area contributed by atoms with Crippen LogP contribution in [-0.4, -0.2) is 6.21 Å². The van der Waals surface area contributed by atoms with Gasteiger partial charge in [-0.05, 0) is 18.6 Å². The molecule has 0 N–H and O–H groups in total. The van der Waals surface area contributed by atoms with Crippen LogP contribution in [-0.2, 0) is 0 Å². The second-order valence-corrected chi connectivity index (χ2v) is 2.52. The highest BCUT2D eigenvalue weighted by Crippen LogP contribution is 2.18. The molecule has 1 heterocycles. The van der Waals surface area contributed by atoms with Crippen molar-refractivity contribution in [2.75, 3.05) is 0 Å². The van der Waals surface area contributed by atoms with Crippen molar-refractivity contribution in [1.82, 2.24) is 0 Å². The van der Waals surface area contributed by atoms with E-state index >= 15 is 0 Å². The van der Waals surface area contributed by atoms with E-state index < -0.39 is 0 Å². The molecule has 1 heteroatoms. The molecular weight excluding hydrogens is 134 g/mol. The Morgan fingerprint density at radius 2 is 2.18 bits per heavy atom. The summed E-state index contributed by atoms with van der Waals surface area (Å²) in [7, 11) is 0. The molecule has 1 nitrogen and oxygen atoms in total. The van der Waals surface area contributed by atoms with Gasteiger partial charge in [0.25, 0.3) is 0 Å². The van der Waals surface area contributed by atoms with Gasteiger partial charge >= 0.3 is 0 Å². The van der Waals surface area contributed by atoms with E-state index in [9.17, 15) is 0 Å². The lowest BCUT2D eigenvalue weighted by atomic mass is 10.1. The maximum Gasteiger partial charge on any atom is 0.0702 e. The molecule has 0 unspecified atom stereocenters. The third-order valence-corrected chi connectivity index (χ3v) is 1.72. The highest BCUT2D eigenvalue weighted by molar-refractivity contribution is 5.81. The van der Waals surface area contributed by atoms with E-state index in [1.807, 2.05) is 18.4 Å². The van der Waals surface area contributed by atoms with Gasteiger partial charge in [0.1, 0.15) is 0 Å². The van der Waals surface area contributed by atoms with E-state index in [4.69, 9.17) is 0 Å². The van der Waals surface area contributed by atoms with Crippen LogP contribution in [0.25, 0.3) is 0 Å². The minimum absolute atomic E-state index is 1.01. The monoisotopic (exact) mass is 143 g/mol. The lowest BCUT2D eigenvalue weighted by Gasteiger charge is -1.97. The van der Waals surface area contributed by atoms with Crippen molar-refractivity contribution in [3.63, 3.8) is 0 Å². The summed E-state index contributed by atoms with van der Waals surface area (Å²) >= 11 is 0. The SMILES string of the molecule is C1=N/C2=C/C=C\C/C=C\C2=C1. The summed E-state index contributed by atoms with van der Waals surface area (Å²) in [5, 5.41) is 0. The fraction of sp³-hybridized carbons (Fsp3) is 0.100. The molecule has 0 aromatic rings. The van der Waals surface area contributed by atoms with Gasteiger partial charge in [-0.1, -0.05) is 24.3 Å². The van der Waals surface area contributed by atoms with Crippen molar-refractivity contribution < 1.29 is 0 Å². The van der Waals surface area contributed by atoms with E-state index in [2.05, 4.69) is 29.3 Å². The first-order valence-corrected chi connectivity index (χ1v) is 3.75. The molecule has 1 aliphatic carbocycles. The molecule has 0 aromatic carbocycles. The first-order chi connectivity index (χ1) is 5.47. The lowest BCUT2D eigenvalue weighted by Crippen LogP contribution is -1.79. The number of fused-ring (bicyclic) bond motifs is 1. The molecule has 0 spiro atoms. The van der Waals surface area contributed by atoms with Gasteiger partial charge < -0.3 is 0 Å². The molecule has 0 radical (unpaired) electrons. The van der Waals surface area contributed by atoms with Gasteiger partial charge in [0.05, 0.1) is 5.70 Å². The highest BCUT2D eigenvalue weighted by Gasteiger charge is 2.03. The van der Waals surface area contributed by atoms with Crippen LogP contribution < -0.4 is 0 Å². The largest absolute Gasteiger partial charge is 0.256 e. The number of hydrogen-bond acceptors (Lipinski definition) is 1. The van der Waals surface area contributed by atoms with Crippen LogP contribution in [0, 0.1) is 0 Å². The van der Waals surface area contributed by atoms with Crippen molar-refractivity contribution in [1.29, 1.82) is 0 Å². The van der Waals surface area contributed by atoms with Crippen molar-refractivity contribution in [3.05, 3.63) is 47.7 Å². The first kappa shape index (κ1) is 6.35. The molecule has 54 valence electrons. The molecule has 0 saturated carbocycles. The summed E-state index contributed by atoms with van der Waals surface area (Å²) in [5.74, 6) is 0. The van der Waals surface area contributed by atoms with Crippen LogP contribution in [0.5, 0.6) is 0 Å². The Hall–Kier alpha value is -1.37. The van der Waals surface area contributed by atoms with E-state index in [1.165, 1.54) is 5.57 Å². The van der Waals surface area contributed by atoms with Gasteiger partial charge in [-0.15, -0.1) is 0 Å². The quantitative estimate of drug-likeness (QED) is 0.493. The average Bonchev–Trinajstić information content (AvgIpc) is 2.35. The summed E-state index contributed by atoms with van der Waals surface area (Å²) in [6, 6.07) is 0. The topological polar surface area (TPSA) is 12.4 Å². The Morgan fingerprint density at radius 1 is 1.18 bits per heavy atom. The van der Waals surface area contributed by atoms with Crippen LogP contribution in [0.1, 0.15) is 6.42 Å². The number of aliphatic imine (C=N–C) groups is 1. The molecule has 2 aliphatic rings. The molecule has 0 bridgehead atoms. The Kier molecular flexibility index (Phi) is 1.56. The zero-order valence-corrected chi connectivity index (χ0v) is 6.20. The summed E-state index contributed by atoms with van der Waals surface area (Å²) in [5.41, 5.74) is 2.28. The molecule has 0 atom stereocenters. The fourth-order valence-electron chi connectivity index (χ4n) is 1.15. The van der Waals surface area contributed by atoms with Gasteiger partial charge in [0.15, 0.2) is 0 Å². The minimum Gasteiger partial charge on any atom is -0.256 e. The van der Waals surface area contributed by atoms with Crippen LogP contribution in [0.4, 0.5) is 0 Å². The normalized spacial score (nSPS) is 30.9. The zero-order chi connectivity index (χ0) is 7.52. The number of rotatable bonds is 0. The van der Waals surface area contributed by atoms with Crippen LogP contribution in [0.3, 0.4) is 0 Å². The van der Waals surface area contributed by atoms with Crippen LogP contribution in [0.15, 0.2) is 52.7 Å². The van der Waals surface area contributed by atoms with Gasteiger partial charge in [0, 0.05) is 11.8 Å². The van der Waals surface area contributed by atoms with Gasteiger partial charge in [-0.25, -0.2) is 0 Å².